The van der Waals surface area contributed by atoms with Crippen LogP contribution in [0, 0.1) is 17.8 Å². The van der Waals surface area contributed by atoms with Gasteiger partial charge in [-0.3, -0.25) is 24.0 Å². The van der Waals surface area contributed by atoms with Gasteiger partial charge in [0.05, 0.1) is 0 Å². The summed E-state index contributed by atoms with van der Waals surface area (Å²) in [5, 5.41) is 0. The predicted octanol–water partition coefficient (Wildman–Crippen LogP) is 6.35. The molecule has 1 aliphatic carbocycles. The normalized spacial score (nSPS) is 21.1. The zero-order valence-corrected chi connectivity index (χ0v) is 25.7. The van der Waals surface area contributed by atoms with Gasteiger partial charge in [-0.25, -0.2) is 0 Å². The van der Waals surface area contributed by atoms with Gasteiger partial charge in [-0.2, -0.15) is 0 Å². The molecule has 1 aliphatic rings. The van der Waals surface area contributed by atoms with E-state index in [1.54, 1.807) is 26.0 Å². The Morgan fingerprint density at radius 3 is 2.15 bits per heavy atom. The van der Waals surface area contributed by atoms with Crippen LogP contribution in [0.1, 0.15) is 98.1 Å². The van der Waals surface area contributed by atoms with Gasteiger partial charge in [0.15, 0.2) is 0 Å². The molecule has 0 aromatic heterocycles. The fraction of sp³-hybridized carbons (Fsp3) is 0.545. The fourth-order valence-corrected chi connectivity index (χ4v) is 5.72. The minimum absolute atomic E-state index is 0.0205. The van der Waals surface area contributed by atoms with Gasteiger partial charge in [0, 0.05) is 51.0 Å². The molecule has 3 unspecified atom stereocenters. The minimum atomic E-state index is -0.720. The van der Waals surface area contributed by atoms with E-state index in [0.717, 1.165) is 18.4 Å². The number of carbonyl (C=O) groups is 5. The van der Waals surface area contributed by atoms with Crippen molar-refractivity contribution in [1.82, 2.24) is 0 Å². The summed E-state index contributed by atoms with van der Waals surface area (Å²) < 4.78 is 16.0. The molecule has 1 aromatic rings. The Labute approximate surface area is 243 Å². The largest absolute Gasteiger partial charge is 0.458 e. The first-order valence-corrected chi connectivity index (χ1v) is 14.0. The lowest BCUT2D eigenvalue weighted by Gasteiger charge is -2.40. The van der Waals surface area contributed by atoms with Gasteiger partial charge in [0.25, 0.3) is 0 Å². The van der Waals surface area contributed by atoms with Crippen molar-refractivity contribution in [2.24, 2.45) is 10.8 Å². The molecule has 0 aliphatic heterocycles. The van der Waals surface area contributed by atoms with Crippen molar-refractivity contribution in [2.75, 3.05) is 0 Å². The van der Waals surface area contributed by atoms with Crippen LogP contribution < -0.4 is 9.47 Å². The molecule has 224 valence electrons. The lowest BCUT2D eigenvalue weighted by atomic mass is 9.62. The number of hydrogen-bond acceptors (Lipinski definition) is 8. The van der Waals surface area contributed by atoms with E-state index in [1.807, 2.05) is 26.8 Å². The predicted molar refractivity (Wildman–Crippen MR) is 156 cm³/mol. The van der Waals surface area contributed by atoms with Crippen LogP contribution in [0.4, 0.5) is 0 Å². The van der Waals surface area contributed by atoms with E-state index in [1.165, 1.54) is 20.8 Å². The lowest BCUT2D eigenvalue weighted by Crippen LogP contribution is -2.42. The van der Waals surface area contributed by atoms with Crippen molar-refractivity contribution < 1.29 is 38.2 Å². The quantitative estimate of drug-likeness (QED) is 0.154. The number of hydrogen-bond donors (Lipinski definition) is 0. The van der Waals surface area contributed by atoms with Gasteiger partial charge < -0.3 is 14.2 Å². The Hall–Kier alpha value is -3.55. The maximum atomic E-state index is 13.6. The minimum Gasteiger partial charge on any atom is -0.458 e. The first-order valence-electron chi connectivity index (χ1n) is 14.0. The number of benzene rings is 1. The molecular formula is C33H44O8. The summed E-state index contributed by atoms with van der Waals surface area (Å²) in [4.78, 5) is 61.5. The number of carbonyl (C=O) groups excluding carboxylic acids is 5. The highest BCUT2D eigenvalue weighted by atomic mass is 16.5. The van der Waals surface area contributed by atoms with Crippen LogP contribution in [0.15, 0.2) is 35.9 Å². The number of aryl methyl sites for hydroxylation is 1. The molecule has 2 rings (SSSR count). The van der Waals surface area contributed by atoms with Crippen molar-refractivity contribution >= 4 is 29.5 Å². The van der Waals surface area contributed by atoms with E-state index in [2.05, 4.69) is 6.58 Å². The third-order valence-electron chi connectivity index (χ3n) is 8.15. The Kier molecular flexibility index (Phi) is 11.4. The lowest BCUT2D eigenvalue weighted by molar-refractivity contribution is -0.148. The third kappa shape index (κ3) is 8.97. The molecular weight excluding hydrogens is 524 g/mol. The second-order valence-electron chi connectivity index (χ2n) is 11.9. The van der Waals surface area contributed by atoms with E-state index < -0.39 is 34.8 Å². The second-order valence-corrected chi connectivity index (χ2v) is 11.9. The standard InChI is InChI=1S/C33H44O8/c1-20(2)29(40-24(6)35)18-30(38)33(9)14-10-13-32(33,8)19-27(37)15-21(3)11-12-26-17-28(39-23(5)34)16-22(4)31(26)41-25(7)36/h11,16-17,29H,1,10,12-15,18-19H2,2-9H3. The molecule has 1 aromatic carbocycles. The first-order chi connectivity index (χ1) is 19.0. The van der Waals surface area contributed by atoms with E-state index in [4.69, 9.17) is 14.2 Å². The molecule has 0 radical (unpaired) electrons. The average molecular weight is 569 g/mol. The molecule has 0 N–H and O–H groups in total. The number of ether oxygens (including phenoxy) is 3. The van der Waals surface area contributed by atoms with E-state index in [-0.39, 0.29) is 30.8 Å². The number of rotatable bonds is 13. The number of allylic oxidation sites excluding steroid dienone is 2. The van der Waals surface area contributed by atoms with E-state index >= 15 is 0 Å². The Bertz CT molecular complexity index is 1260. The molecule has 0 amide bonds. The van der Waals surface area contributed by atoms with Gasteiger partial charge in [0.1, 0.15) is 29.2 Å². The second kappa shape index (κ2) is 13.9. The molecule has 1 fully saturated rings. The maximum absolute atomic E-state index is 13.6. The fourth-order valence-electron chi connectivity index (χ4n) is 5.72. The van der Waals surface area contributed by atoms with Crippen LogP contribution in [0.3, 0.4) is 0 Å². The molecule has 8 heteroatoms. The molecule has 0 saturated heterocycles. The molecule has 0 bridgehead atoms. The zero-order chi connectivity index (χ0) is 31.1. The van der Waals surface area contributed by atoms with Gasteiger partial charge in [-0.15, -0.1) is 0 Å². The smallest absolute Gasteiger partial charge is 0.308 e. The zero-order valence-electron chi connectivity index (χ0n) is 25.7. The summed E-state index contributed by atoms with van der Waals surface area (Å²) in [7, 11) is 0. The van der Waals surface area contributed by atoms with Gasteiger partial charge in [0.2, 0.25) is 0 Å². The van der Waals surface area contributed by atoms with Crippen LogP contribution in [0.5, 0.6) is 11.5 Å². The molecule has 1 saturated carbocycles. The topological polar surface area (TPSA) is 113 Å². The Morgan fingerprint density at radius 1 is 0.951 bits per heavy atom. The highest BCUT2D eigenvalue weighted by Gasteiger charge is 2.53. The third-order valence-corrected chi connectivity index (χ3v) is 8.15. The monoisotopic (exact) mass is 568 g/mol. The highest BCUT2D eigenvalue weighted by molar-refractivity contribution is 5.89. The van der Waals surface area contributed by atoms with Crippen LogP contribution in [-0.4, -0.2) is 35.6 Å². The summed E-state index contributed by atoms with van der Waals surface area (Å²) in [6.07, 6.45) is 4.36. The number of Topliss-reactive ketones (excluding diaryl/α,β-unsaturated/α-hetero) is 2. The highest BCUT2D eigenvalue weighted by Crippen LogP contribution is 2.56. The van der Waals surface area contributed by atoms with Crippen molar-refractivity contribution in [3.05, 3.63) is 47.1 Å². The van der Waals surface area contributed by atoms with Crippen molar-refractivity contribution in [2.45, 2.75) is 106 Å². The van der Waals surface area contributed by atoms with Crippen LogP contribution in [-0.2, 0) is 35.1 Å². The van der Waals surface area contributed by atoms with E-state index in [9.17, 15) is 24.0 Å². The molecule has 3 atom stereocenters. The summed E-state index contributed by atoms with van der Waals surface area (Å²) in [6, 6.07) is 3.29. The van der Waals surface area contributed by atoms with Crippen molar-refractivity contribution in [3.8, 4) is 11.5 Å². The molecule has 0 heterocycles. The summed E-state index contributed by atoms with van der Waals surface area (Å²) >= 11 is 0. The number of esters is 3. The van der Waals surface area contributed by atoms with Gasteiger partial charge in [-0.1, -0.05) is 38.5 Å². The average Bonchev–Trinajstić information content (AvgIpc) is 3.12. The Balaban J connectivity index is 2.18. The Morgan fingerprint density at radius 2 is 1.59 bits per heavy atom. The summed E-state index contributed by atoms with van der Waals surface area (Å²) in [5.41, 5.74) is 1.52. The van der Waals surface area contributed by atoms with E-state index in [0.29, 0.717) is 41.0 Å². The SMILES string of the molecule is C=C(C)C(CC(=O)C1(C)CCCC1(C)CC(=O)CC(C)=CCc1cc(OC(C)=O)cc(C)c1OC(C)=O)OC(C)=O. The van der Waals surface area contributed by atoms with Crippen LogP contribution >= 0.6 is 0 Å². The van der Waals surface area contributed by atoms with Gasteiger partial charge in [-0.05, 0) is 68.7 Å². The summed E-state index contributed by atoms with van der Waals surface area (Å²) in [5.74, 6) is -0.620. The summed E-state index contributed by atoms with van der Waals surface area (Å²) in [6.45, 7) is 17.1. The number of ketones is 2. The van der Waals surface area contributed by atoms with Crippen LogP contribution in [0.2, 0.25) is 0 Å². The van der Waals surface area contributed by atoms with Crippen molar-refractivity contribution in [1.29, 1.82) is 0 Å². The molecule has 0 spiro atoms. The molecule has 41 heavy (non-hydrogen) atoms. The first kappa shape index (κ1) is 33.7. The maximum Gasteiger partial charge on any atom is 0.308 e. The van der Waals surface area contributed by atoms with Crippen molar-refractivity contribution in [3.63, 3.8) is 0 Å². The molecule has 8 nitrogen and oxygen atoms in total. The van der Waals surface area contributed by atoms with Gasteiger partial charge >= 0.3 is 17.9 Å². The van der Waals surface area contributed by atoms with Crippen LogP contribution in [0.25, 0.3) is 0 Å².